The summed E-state index contributed by atoms with van der Waals surface area (Å²) in [6, 6.07) is 11.9. The summed E-state index contributed by atoms with van der Waals surface area (Å²) >= 11 is 0. The SMILES string of the molecule is CCOc1cc2c(cc1CNC(=O)c1c(C)[nH]c3ccccc13)O[C@H](C)C2. The fraction of sp³-hybridized carbons (Fsp3) is 0.318. The first-order chi connectivity index (χ1) is 13.1. The minimum absolute atomic E-state index is 0.0952. The van der Waals surface area contributed by atoms with E-state index in [-0.39, 0.29) is 12.0 Å². The number of amides is 1. The Morgan fingerprint density at radius 2 is 2.15 bits per heavy atom. The first-order valence-electron chi connectivity index (χ1n) is 9.37. The Kier molecular flexibility index (Phi) is 4.52. The van der Waals surface area contributed by atoms with Crippen LogP contribution < -0.4 is 14.8 Å². The molecule has 3 aromatic rings. The summed E-state index contributed by atoms with van der Waals surface area (Å²) < 4.78 is 11.7. The Hall–Kier alpha value is -2.95. The van der Waals surface area contributed by atoms with Crippen LogP contribution in [0.1, 0.15) is 41.0 Å². The Morgan fingerprint density at radius 3 is 2.96 bits per heavy atom. The number of carbonyl (C=O) groups is 1. The second kappa shape index (κ2) is 6.99. The van der Waals surface area contributed by atoms with Crippen LogP contribution in [-0.2, 0) is 13.0 Å². The number of carbonyl (C=O) groups excluding carboxylic acids is 1. The number of ether oxygens (including phenoxy) is 2. The molecule has 1 aliphatic heterocycles. The Morgan fingerprint density at radius 1 is 1.33 bits per heavy atom. The van der Waals surface area contributed by atoms with Crippen molar-refractivity contribution in [2.45, 2.75) is 39.8 Å². The second-order valence-corrected chi connectivity index (χ2v) is 6.99. The highest BCUT2D eigenvalue weighted by Gasteiger charge is 2.22. The predicted molar refractivity (Wildman–Crippen MR) is 106 cm³/mol. The molecule has 2 aromatic carbocycles. The largest absolute Gasteiger partial charge is 0.494 e. The molecule has 0 saturated carbocycles. The summed E-state index contributed by atoms with van der Waals surface area (Å²) in [6.07, 6.45) is 1.06. The number of aromatic amines is 1. The van der Waals surface area contributed by atoms with Gasteiger partial charge in [-0.2, -0.15) is 0 Å². The van der Waals surface area contributed by atoms with Gasteiger partial charge in [-0.15, -0.1) is 0 Å². The molecule has 1 aromatic heterocycles. The molecule has 1 amide bonds. The van der Waals surface area contributed by atoms with Gasteiger partial charge >= 0.3 is 0 Å². The molecular weight excluding hydrogens is 340 g/mol. The summed E-state index contributed by atoms with van der Waals surface area (Å²) in [6.45, 7) is 6.91. The van der Waals surface area contributed by atoms with Crippen LogP contribution in [0.25, 0.3) is 10.9 Å². The minimum Gasteiger partial charge on any atom is -0.494 e. The van der Waals surface area contributed by atoms with E-state index in [2.05, 4.69) is 17.2 Å². The zero-order chi connectivity index (χ0) is 19.0. The van der Waals surface area contributed by atoms with Gasteiger partial charge in [0.25, 0.3) is 5.91 Å². The van der Waals surface area contributed by atoms with Crippen LogP contribution in [0.4, 0.5) is 0 Å². The molecule has 5 nitrogen and oxygen atoms in total. The van der Waals surface area contributed by atoms with Crippen molar-refractivity contribution in [1.29, 1.82) is 0 Å². The third kappa shape index (κ3) is 3.25. The van der Waals surface area contributed by atoms with Crippen LogP contribution in [0.3, 0.4) is 0 Å². The van der Waals surface area contributed by atoms with Crippen molar-refractivity contribution < 1.29 is 14.3 Å². The molecule has 5 heteroatoms. The van der Waals surface area contributed by atoms with E-state index in [1.54, 1.807) is 0 Å². The van der Waals surface area contributed by atoms with Gasteiger partial charge in [0.15, 0.2) is 0 Å². The monoisotopic (exact) mass is 364 g/mol. The zero-order valence-electron chi connectivity index (χ0n) is 15.9. The Bertz CT molecular complexity index is 1010. The lowest BCUT2D eigenvalue weighted by molar-refractivity contribution is 0.0951. The quantitative estimate of drug-likeness (QED) is 0.715. The molecule has 0 unspecified atom stereocenters. The van der Waals surface area contributed by atoms with E-state index in [1.807, 2.05) is 50.2 Å². The molecule has 2 heterocycles. The fourth-order valence-corrected chi connectivity index (χ4v) is 3.74. The molecule has 0 aliphatic carbocycles. The number of nitrogens with one attached hydrogen (secondary N) is 2. The van der Waals surface area contributed by atoms with Crippen LogP contribution in [-0.4, -0.2) is 23.6 Å². The molecule has 140 valence electrons. The molecular formula is C22H24N2O3. The lowest BCUT2D eigenvalue weighted by atomic mass is 10.1. The van der Waals surface area contributed by atoms with Gasteiger partial charge < -0.3 is 19.8 Å². The number of H-pyrrole nitrogens is 1. The highest BCUT2D eigenvalue weighted by Crippen LogP contribution is 2.35. The molecule has 0 radical (unpaired) electrons. The number of para-hydroxylation sites is 1. The molecule has 0 bridgehead atoms. The third-order valence-corrected chi connectivity index (χ3v) is 4.94. The average Bonchev–Trinajstić information content (AvgIpc) is 3.17. The van der Waals surface area contributed by atoms with E-state index in [0.29, 0.717) is 18.7 Å². The van der Waals surface area contributed by atoms with Gasteiger partial charge in [0.2, 0.25) is 0 Å². The topological polar surface area (TPSA) is 63.3 Å². The van der Waals surface area contributed by atoms with Gasteiger partial charge in [-0.25, -0.2) is 0 Å². The van der Waals surface area contributed by atoms with Crippen molar-refractivity contribution in [2.24, 2.45) is 0 Å². The highest BCUT2D eigenvalue weighted by molar-refractivity contribution is 6.08. The van der Waals surface area contributed by atoms with E-state index in [1.165, 1.54) is 0 Å². The van der Waals surface area contributed by atoms with E-state index in [9.17, 15) is 4.79 Å². The van der Waals surface area contributed by atoms with Crippen molar-refractivity contribution in [1.82, 2.24) is 10.3 Å². The van der Waals surface area contributed by atoms with E-state index in [4.69, 9.17) is 9.47 Å². The minimum atomic E-state index is -0.0952. The van der Waals surface area contributed by atoms with Gasteiger partial charge in [-0.1, -0.05) is 18.2 Å². The van der Waals surface area contributed by atoms with Crippen molar-refractivity contribution in [3.05, 3.63) is 58.8 Å². The van der Waals surface area contributed by atoms with Crippen molar-refractivity contribution in [2.75, 3.05) is 6.61 Å². The normalized spacial score (nSPS) is 15.4. The predicted octanol–water partition coefficient (Wildman–Crippen LogP) is 4.13. The van der Waals surface area contributed by atoms with E-state index < -0.39 is 0 Å². The molecule has 4 rings (SSSR count). The second-order valence-electron chi connectivity index (χ2n) is 6.99. The van der Waals surface area contributed by atoms with Gasteiger partial charge in [0, 0.05) is 40.7 Å². The molecule has 2 N–H and O–H groups in total. The summed E-state index contributed by atoms with van der Waals surface area (Å²) in [5.41, 5.74) is 4.61. The maximum absolute atomic E-state index is 12.9. The number of hydrogen-bond donors (Lipinski definition) is 2. The molecule has 0 fully saturated rings. The Balaban J connectivity index is 1.58. The van der Waals surface area contributed by atoms with Crippen molar-refractivity contribution in [3.63, 3.8) is 0 Å². The molecule has 1 aliphatic rings. The maximum Gasteiger partial charge on any atom is 0.253 e. The first-order valence-corrected chi connectivity index (χ1v) is 9.37. The van der Waals surface area contributed by atoms with Crippen LogP contribution in [0.2, 0.25) is 0 Å². The number of rotatable bonds is 5. The van der Waals surface area contributed by atoms with E-state index in [0.717, 1.165) is 45.6 Å². The van der Waals surface area contributed by atoms with Gasteiger partial charge in [0.05, 0.1) is 12.2 Å². The van der Waals surface area contributed by atoms with Gasteiger partial charge in [-0.3, -0.25) is 4.79 Å². The van der Waals surface area contributed by atoms with Crippen molar-refractivity contribution >= 4 is 16.8 Å². The zero-order valence-corrected chi connectivity index (χ0v) is 15.9. The average molecular weight is 364 g/mol. The molecule has 0 saturated heterocycles. The number of benzene rings is 2. The Labute approximate surface area is 158 Å². The molecule has 0 spiro atoms. The molecule has 27 heavy (non-hydrogen) atoms. The summed E-state index contributed by atoms with van der Waals surface area (Å²) in [4.78, 5) is 16.1. The highest BCUT2D eigenvalue weighted by atomic mass is 16.5. The third-order valence-electron chi connectivity index (χ3n) is 4.94. The fourth-order valence-electron chi connectivity index (χ4n) is 3.74. The van der Waals surface area contributed by atoms with Gasteiger partial charge in [0.1, 0.15) is 17.6 Å². The lowest BCUT2D eigenvalue weighted by Crippen LogP contribution is -2.23. The van der Waals surface area contributed by atoms with E-state index >= 15 is 0 Å². The summed E-state index contributed by atoms with van der Waals surface area (Å²) in [5, 5.41) is 3.97. The number of aryl methyl sites for hydroxylation is 1. The standard InChI is InChI=1S/C22H24N2O3/c1-4-26-19-10-15-9-13(2)27-20(15)11-16(19)12-23-22(25)21-14(3)24-18-8-6-5-7-17(18)21/h5-8,10-11,13,24H,4,9,12H2,1-3H3,(H,23,25)/t13-/m1/s1. The maximum atomic E-state index is 12.9. The number of aromatic nitrogens is 1. The number of hydrogen-bond acceptors (Lipinski definition) is 3. The van der Waals surface area contributed by atoms with Crippen LogP contribution in [0.5, 0.6) is 11.5 Å². The molecule has 1 atom stereocenters. The lowest BCUT2D eigenvalue weighted by Gasteiger charge is -2.13. The van der Waals surface area contributed by atoms with Crippen LogP contribution in [0.15, 0.2) is 36.4 Å². The summed E-state index contributed by atoms with van der Waals surface area (Å²) in [7, 11) is 0. The number of fused-ring (bicyclic) bond motifs is 2. The summed E-state index contributed by atoms with van der Waals surface area (Å²) in [5.74, 6) is 1.60. The van der Waals surface area contributed by atoms with Crippen LogP contribution >= 0.6 is 0 Å². The van der Waals surface area contributed by atoms with Crippen molar-refractivity contribution in [3.8, 4) is 11.5 Å². The first kappa shape index (κ1) is 17.5. The smallest absolute Gasteiger partial charge is 0.253 e. The van der Waals surface area contributed by atoms with Gasteiger partial charge in [-0.05, 0) is 39.0 Å². The van der Waals surface area contributed by atoms with Crippen LogP contribution in [0, 0.1) is 6.92 Å².